The summed E-state index contributed by atoms with van der Waals surface area (Å²) in [6.45, 7) is 5.53. The third-order valence-electron chi connectivity index (χ3n) is 5.18. The molecule has 31 heavy (non-hydrogen) atoms. The molecule has 2 heterocycles. The zero-order chi connectivity index (χ0) is 22.3. The van der Waals surface area contributed by atoms with Crippen molar-refractivity contribution in [3.05, 3.63) is 61.6 Å². The average Bonchev–Trinajstić information content (AvgIpc) is 2.69. The van der Waals surface area contributed by atoms with Gasteiger partial charge < -0.3 is 19.6 Å². The number of morpholine rings is 1. The minimum absolute atomic E-state index is 0.0234. The van der Waals surface area contributed by atoms with Crippen LogP contribution < -0.4 is 20.7 Å². The van der Waals surface area contributed by atoms with Gasteiger partial charge in [-0.3, -0.25) is 14.3 Å². The number of aryl methyl sites for hydroxylation is 1. The lowest BCUT2D eigenvalue weighted by molar-refractivity contribution is 0.0989. The third-order valence-corrected chi connectivity index (χ3v) is 7.01. The number of halogens is 1. The highest BCUT2D eigenvalue weighted by atomic mass is 35.5. The Labute approximate surface area is 183 Å². The molecular formula is C20H21ClN4O5S. The van der Waals surface area contributed by atoms with Crippen LogP contribution in [0.15, 0.2) is 44.8 Å². The molecule has 0 aliphatic carbocycles. The standard InChI is InChI=1S/C20H21ClN4O5S/c1-11-7-15-16(23-20(27)19(26)22-15)9-18(11)31(28,29)24-13-3-4-17(14(21)8-13)25-5-6-30-10-12(25)2/h3-4,7-9,12,24H,5-6,10H2,1-2H3,(H,22,26)(H,23,27)/t12-/m1/s1. The zero-order valence-corrected chi connectivity index (χ0v) is 18.4. The van der Waals surface area contributed by atoms with Crippen molar-refractivity contribution >= 4 is 44.0 Å². The van der Waals surface area contributed by atoms with E-state index in [9.17, 15) is 18.0 Å². The van der Waals surface area contributed by atoms with Gasteiger partial charge in [-0.05, 0) is 49.7 Å². The maximum Gasteiger partial charge on any atom is 0.314 e. The van der Waals surface area contributed by atoms with E-state index in [4.69, 9.17) is 16.3 Å². The van der Waals surface area contributed by atoms with Crippen molar-refractivity contribution in [3.8, 4) is 0 Å². The van der Waals surface area contributed by atoms with Crippen molar-refractivity contribution in [1.29, 1.82) is 0 Å². The molecule has 1 atom stereocenters. The lowest BCUT2D eigenvalue weighted by atomic mass is 10.2. The molecule has 0 amide bonds. The van der Waals surface area contributed by atoms with E-state index in [1.807, 2.05) is 6.92 Å². The Morgan fingerprint density at radius 3 is 2.45 bits per heavy atom. The molecular weight excluding hydrogens is 444 g/mol. The predicted octanol–water partition coefficient (Wildman–Crippen LogP) is 2.20. The van der Waals surface area contributed by atoms with Crippen LogP contribution in [-0.2, 0) is 14.8 Å². The summed E-state index contributed by atoms with van der Waals surface area (Å²) in [6, 6.07) is 7.95. The molecule has 0 bridgehead atoms. The van der Waals surface area contributed by atoms with E-state index in [2.05, 4.69) is 19.6 Å². The van der Waals surface area contributed by atoms with Crippen LogP contribution in [-0.4, -0.2) is 44.2 Å². The van der Waals surface area contributed by atoms with Gasteiger partial charge in [-0.1, -0.05) is 11.6 Å². The first-order chi connectivity index (χ1) is 14.7. The molecule has 2 aromatic carbocycles. The van der Waals surface area contributed by atoms with Gasteiger partial charge in [0.05, 0.1) is 45.5 Å². The van der Waals surface area contributed by atoms with Crippen molar-refractivity contribution in [2.24, 2.45) is 0 Å². The number of H-pyrrole nitrogens is 2. The van der Waals surface area contributed by atoms with Crippen molar-refractivity contribution in [3.63, 3.8) is 0 Å². The van der Waals surface area contributed by atoms with Gasteiger partial charge >= 0.3 is 11.1 Å². The molecule has 0 saturated carbocycles. The number of ether oxygens (including phenoxy) is 1. The number of hydrogen-bond donors (Lipinski definition) is 3. The van der Waals surface area contributed by atoms with Gasteiger partial charge in [0.25, 0.3) is 10.0 Å². The van der Waals surface area contributed by atoms with E-state index in [0.717, 1.165) is 5.69 Å². The summed E-state index contributed by atoms with van der Waals surface area (Å²) in [5.41, 5.74) is 0.427. The smallest absolute Gasteiger partial charge is 0.314 e. The molecule has 1 aliphatic heterocycles. The number of nitrogens with one attached hydrogen (secondary N) is 3. The van der Waals surface area contributed by atoms with Gasteiger partial charge in [0.2, 0.25) is 0 Å². The molecule has 3 aromatic rings. The van der Waals surface area contributed by atoms with Crippen molar-refractivity contribution < 1.29 is 13.2 Å². The van der Waals surface area contributed by atoms with E-state index in [1.165, 1.54) is 12.1 Å². The first-order valence-corrected chi connectivity index (χ1v) is 11.5. The van der Waals surface area contributed by atoms with Crippen molar-refractivity contribution in [1.82, 2.24) is 9.97 Å². The van der Waals surface area contributed by atoms with E-state index in [-0.39, 0.29) is 16.5 Å². The Kier molecular flexibility index (Phi) is 5.54. The summed E-state index contributed by atoms with van der Waals surface area (Å²) >= 11 is 6.45. The summed E-state index contributed by atoms with van der Waals surface area (Å²) in [5, 5.41) is 0.422. The lowest BCUT2D eigenvalue weighted by Crippen LogP contribution is -2.43. The topological polar surface area (TPSA) is 124 Å². The maximum absolute atomic E-state index is 13.0. The van der Waals surface area contributed by atoms with Crippen molar-refractivity contribution in [2.75, 3.05) is 29.4 Å². The number of aromatic amines is 2. The molecule has 0 radical (unpaired) electrons. The number of anilines is 2. The minimum Gasteiger partial charge on any atom is -0.377 e. The Morgan fingerprint density at radius 1 is 1.13 bits per heavy atom. The normalized spacial score (nSPS) is 17.1. The van der Waals surface area contributed by atoms with Gasteiger partial charge in [0, 0.05) is 12.6 Å². The summed E-state index contributed by atoms with van der Waals surface area (Å²) in [7, 11) is -3.98. The van der Waals surface area contributed by atoms with Crippen LogP contribution in [0.5, 0.6) is 0 Å². The fourth-order valence-corrected chi connectivity index (χ4v) is 5.23. The fourth-order valence-electron chi connectivity index (χ4n) is 3.64. The summed E-state index contributed by atoms with van der Waals surface area (Å²) in [4.78, 5) is 30.0. The third kappa shape index (κ3) is 4.18. The number of aromatic nitrogens is 2. The Morgan fingerprint density at radius 2 is 1.81 bits per heavy atom. The summed E-state index contributed by atoms with van der Waals surface area (Å²) < 4.78 is 34.0. The number of rotatable bonds is 4. The molecule has 3 N–H and O–H groups in total. The highest BCUT2D eigenvalue weighted by Crippen LogP contribution is 2.32. The van der Waals surface area contributed by atoms with E-state index < -0.39 is 21.1 Å². The highest BCUT2D eigenvalue weighted by Gasteiger charge is 2.23. The van der Waals surface area contributed by atoms with Crippen LogP contribution in [0.25, 0.3) is 11.0 Å². The summed E-state index contributed by atoms with van der Waals surface area (Å²) in [5.74, 6) is 0. The Hall–Kier alpha value is -2.82. The average molecular weight is 465 g/mol. The van der Waals surface area contributed by atoms with Crippen LogP contribution in [0.4, 0.5) is 11.4 Å². The highest BCUT2D eigenvalue weighted by molar-refractivity contribution is 7.92. The Balaban J connectivity index is 1.66. The monoisotopic (exact) mass is 464 g/mol. The van der Waals surface area contributed by atoms with E-state index >= 15 is 0 Å². The molecule has 0 unspecified atom stereocenters. The van der Waals surface area contributed by atoms with Crippen LogP contribution in [0.3, 0.4) is 0 Å². The van der Waals surface area contributed by atoms with Crippen LogP contribution in [0.1, 0.15) is 12.5 Å². The second-order valence-corrected chi connectivity index (χ2v) is 9.52. The zero-order valence-electron chi connectivity index (χ0n) is 16.9. The van der Waals surface area contributed by atoms with E-state index in [1.54, 1.807) is 25.1 Å². The van der Waals surface area contributed by atoms with Crippen molar-refractivity contribution in [2.45, 2.75) is 24.8 Å². The molecule has 1 aliphatic rings. The number of nitrogens with zero attached hydrogens (tertiary/aromatic N) is 1. The maximum atomic E-state index is 13.0. The fraction of sp³-hybridized carbons (Fsp3) is 0.300. The second-order valence-electron chi connectivity index (χ2n) is 7.46. The Bertz CT molecular complexity index is 1380. The van der Waals surface area contributed by atoms with Gasteiger partial charge in [0.15, 0.2) is 0 Å². The number of sulfonamides is 1. The predicted molar refractivity (Wildman–Crippen MR) is 120 cm³/mol. The molecule has 1 aromatic heterocycles. The van der Waals surface area contributed by atoms with Gasteiger partial charge in [-0.15, -0.1) is 0 Å². The van der Waals surface area contributed by atoms with Gasteiger partial charge in [-0.25, -0.2) is 8.42 Å². The quantitative estimate of drug-likeness (QED) is 0.508. The van der Waals surface area contributed by atoms with Gasteiger partial charge in [0.1, 0.15) is 0 Å². The molecule has 4 rings (SSSR count). The number of fused-ring (bicyclic) bond motifs is 1. The molecule has 11 heteroatoms. The van der Waals surface area contributed by atoms with Crippen LogP contribution >= 0.6 is 11.6 Å². The molecule has 1 saturated heterocycles. The second kappa shape index (κ2) is 8.03. The van der Waals surface area contributed by atoms with Gasteiger partial charge in [-0.2, -0.15) is 0 Å². The number of hydrogen-bond acceptors (Lipinski definition) is 6. The van der Waals surface area contributed by atoms with Crippen LogP contribution in [0.2, 0.25) is 5.02 Å². The first kappa shape index (κ1) is 21.4. The number of benzene rings is 2. The SMILES string of the molecule is Cc1cc2[nH]c(=O)c(=O)[nH]c2cc1S(=O)(=O)Nc1ccc(N2CCOC[C@H]2C)c(Cl)c1. The first-order valence-electron chi connectivity index (χ1n) is 9.59. The molecule has 164 valence electrons. The molecule has 1 fully saturated rings. The van der Waals surface area contributed by atoms with E-state index in [0.29, 0.717) is 41.5 Å². The largest absolute Gasteiger partial charge is 0.377 e. The minimum atomic E-state index is -3.98. The summed E-state index contributed by atoms with van der Waals surface area (Å²) in [6.07, 6.45) is 0. The van der Waals surface area contributed by atoms with Crippen LogP contribution in [0, 0.1) is 6.92 Å². The molecule has 9 nitrogen and oxygen atoms in total. The molecule has 0 spiro atoms. The lowest BCUT2D eigenvalue weighted by Gasteiger charge is -2.35.